The SMILES string of the molecule is c1ccc(-c2ccccc2-c2cncc3nc(Nc4ccc(N5CCOCC5)cc4)nn23)cc1. The van der Waals surface area contributed by atoms with Gasteiger partial charge in [0.05, 0.1) is 31.3 Å². The molecule has 1 aliphatic heterocycles. The number of hydrogen-bond donors (Lipinski definition) is 1. The molecule has 1 N–H and O–H groups in total. The van der Waals surface area contributed by atoms with Gasteiger partial charge in [0.2, 0.25) is 5.95 Å². The van der Waals surface area contributed by atoms with Crippen molar-refractivity contribution in [2.75, 3.05) is 36.5 Å². The van der Waals surface area contributed by atoms with Gasteiger partial charge in [-0.1, -0.05) is 54.6 Å². The molecule has 34 heavy (non-hydrogen) atoms. The number of fused-ring (bicyclic) bond motifs is 1. The number of rotatable bonds is 5. The zero-order valence-electron chi connectivity index (χ0n) is 18.6. The second-order valence-electron chi connectivity index (χ2n) is 8.18. The minimum Gasteiger partial charge on any atom is -0.378 e. The van der Waals surface area contributed by atoms with Crippen LogP contribution >= 0.6 is 0 Å². The Bertz CT molecular complexity index is 1410. The van der Waals surface area contributed by atoms with Crippen LogP contribution in [0.5, 0.6) is 0 Å². The molecule has 0 atom stereocenters. The van der Waals surface area contributed by atoms with Gasteiger partial charge in [0.15, 0.2) is 5.65 Å². The Morgan fingerprint density at radius 1 is 0.765 bits per heavy atom. The van der Waals surface area contributed by atoms with Crippen molar-refractivity contribution in [3.63, 3.8) is 0 Å². The van der Waals surface area contributed by atoms with Gasteiger partial charge in [-0.2, -0.15) is 4.98 Å². The molecule has 1 fully saturated rings. The summed E-state index contributed by atoms with van der Waals surface area (Å²) in [5.41, 5.74) is 7.04. The first-order valence-electron chi connectivity index (χ1n) is 11.4. The summed E-state index contributed by atoms with van der Waals surface area (Å²) in [6.07, 6.45) is 3.57. The van der Waals surface area contributed by atoms with E-state index in [1.807, 2.05) is 41.0 Å². The molecule has 3 aromatic carbocycles. The molecule has 2 aromatic heterocycles. The fourth-order valence-corrected chi connectivity index (χ4v) is 4.33. The van der Waals surface area contributed by atoms with E-state index < -0.39 is 0 Å². The lowest BCUT2D eigenvalue weighted by Gasteiger charge is -2.28. The number of aromatic nitrogens is 4. The predicted octanol–water partition coefficient (Wildman–Crippen LogP) is 5.04. The fraction of sp³-hybridized carbons (Fsp3) is 0.148. The van der Waals surface area contributed by atoms with Crippen LogP contribution in [0.15, 0.2) is 91.3 Å². The minimum atomic E-state index is 0.533. The standard InChI is InChI=1S/C27H24N6O/c1-2-6-20(7-3-1)23-8-4-5-9-24(23)25-18-28-19-26-30-27(31-33(25)26)29-21-10-12-22(13-11-21)32-14-16-34-17-15-32/h1-13,18-19H,14-17H2,(H,29,31). The van der Waals surface area contributed by atoms with Crippen LogP contribution in [-0.2, 0) is 4.74 Å². The van der Waals surface area contributed by atoms with Gasteiger partial charge in [-0.05, 0) is 35.4 Å². The Labute approximate surface area is 197 Å². The predicted molar refractivity (Wildman–Crippen MR) is 134 cm³/mol. The third-order valence-corrected chi connectivity index (χ3v) is 6.03. The van der Waals surface area contributed by atoms with Crippen molar-refractivity contribution < 1.29 is 4.74 Å². The van der Waals surface area contributed by atoms with Gasteiger partial charge in [0.1, 0.15) is 0 Å². The highest BCUT2D eigenvalue weighted by atomic mass is 16.5. The lowest BCUT2D eigenvalue weighted by molar-refractivity contribution is 0.122. The van der Waals surface area contributed by atoms with Crippen LogP contribution in [0.3, 0.4) is 0 Å². The van der Waals surface area contributed by atoms with Crippen LogP contribution in [0.2, 0.25) is 0 Å². The zero-order valence-corrected chi connectivity index (χ0v) is 18.6. The van der Waals surface area contributed by atoms with E-state index in [0.29, 0.717) is 11.6 Å². The van der Waals surface area contributed by atoms with Crippen LogP contribution in [0.25, 0.3) is 28.0 Å². The van der Waals surface area contributed by atoms with E-state index in [2.05, 4.69) is 68.7 Å². The molecule has 6 rings (SSSR count). The maximum atomic E-state index is 5.45. The number of benzene rings is 3. The zero-order chi connectivity index (χ0) is 22.7. The van der Waals surface area contributed by atoms with Crippen LogP contribution in [0.1, 0.15) is 0 Å². The molecule has 0 bridgehead atoms. The summed E-state index contributed by atoms with van der Waals surface area (Å²) in [6.45, 7) is 3.38. The molecule has 0 spiro atoms. The Balaban J connectivity index is 1.31. The van der Waals surface area contributed by atoms with Crippen molar-refractivity contribution in [2.24, 2.45) is 0 Å². The van der Waals surface area contributed by atoms with Crippen LogP contribution in [0, 0.1) is 0 Å². The Kier molecular flexibility index (Phi) is 5.37. The molecule has 1 aliphatic rings. The summed E-state index contributed by atoms with van der Waals surface area (Å²) in [5, 5.41) is 8.09. The van der Waals surface area contributed by atoms with Crippen molar-refractivity contribution in [3.05, 3.63) is 91.3 Å². The van der Waals surface area contributed by atoms with Gasteiger partial charge in [-0.15, -0.1) is 5.10 Å². The monoisotopic (exact) mass is 448 g/mol. The second-order valence-corrected chi connectivity index (χ2v) is 8.18. The number of anilines is 3. The molecule has 0 saturated carbocycles. The van der Waals surface area contributed by atoms with Gasteiger partial charge in [-0.25, -0.2) is 4.52 Å². The van der Waals surface area contributed by atoms with E-state index in [-0.39, 0.29) is 0 Å². The molecular weight excluding hydrogens is 424 g/mol. The third kappa shape index (κ3) is 3.97. The minimum absolute atomic E-state index is 0.533. The number of nitrogens with zero attached hydrogens (tertiary/aromatic N) is 5. The number of nitrogens with one attached hydrogen (secondary N) is 1. The van der Waals surface area contributed by atoms with E-state index in [1.165, 1.54) is 5.69 Å². The highest BCUT2D eigenvalue weighted by Gasteiger charge is 2.14. The molecule has 1 saturated heterocycles. The molecule has 0 aliphatic carbocycles. The molecule has 168 valence electrons. The van der Waals surface area contributed by atoms with Gasteiger partial charge >= 0.3 is 0 Å². The average Bonchev–Trinajstić information content (AvgIpc) is 3.33. The molecule has 0 unspecified atom stereocenters. The first-order chi connectivity index (χ1) is 16.8. The molecule has 0 radical (unpaired) electrons. The van der Waals surface area contributed by atoms with E-state index >= 15 is 0 Å². The molecule has 7 nitrogen and oxygen atoms in total. The largest absolute Gasteiger partial charge is 0.378 e. The molecule has 5 aromatic rings. The summed E-state index contributed by atoms with van der Waals surface area (Å²) in [4.78, 5) is 11.4. The first-order valence-corrected chi connectivity index (χ1v) is 11.4. The normalized spacial score (nSPS) is 13.8. The average molecular weight is 449 g/mol. The van der Waals surface area contributed by atoms with Crippen molar-refractivity contribution in [1.82, 2.24) is 19.6 Å². The number of hydrogen-bond acceptors (Lipinski definition) is 6. The van der Waals surface area contributed by atoms with E-state index in [0.717, 1.165) is 54.4 Å². The van der Waals surface area contributed by atoms with Crippen LogP contribution < -0.4 is 10.2 Å². The molecule has 0 amide bonds. The maximum absolute atomic E-state index is 5.45. The first kappa shape index (κ1) is 20.4. The summed E-state index contributed by atoms with van der Waals surface area (Å²) >= 11 is 0. The lowest BCUT2D eigenvalue weighted by atomic mass is 9.98. The van der Waals surface area contributed by atoms with E-state index in [9.17, 15) is 0 Å². The summed E-state index contributed by atoms with van der Waals surface area (Å²) < 4.78 is 7.30. The summed E-state index contributed by atoms with van der Waals surface area (Å²) in [7, 11) is 0. The quantitative estimate of drug-likeness (QED) is 0.406. The van der Waals surface area contributed by atoms with Gasteiger partial charge in [0, 0.05) is 30.0 Å². The van der Waals surface area contributed by atoms with Crippen molar-refractivity contribution >= 4 is 23.0 Å². The highest BCUT2D eigenvalue weighted by molar-refractivity contribution is 5.82. The summed E-state index contributed by atoms with van der Waals surface area (Å²) in [6, 6.07) is 27.0. The summed E-state index contributed by atoms with van der Waals surface area (Å²) in [5.74, 6) is 0.533. The van der Waals surface area contributed by atoms with Gasteiger partial charge < -0.3 is 15.0 Å². The molecular formula is C27H24N6O. The van der Waals surface area contributed by atoms with Crippen LogP contribution in [0.4, 0.5) is 17.3 Å². The molecule has 3 heterocycles. The number of ether oxygens (including phenoxy) is 1. The van der Waals surface area contributed by atoms with E-state index in [4.69, 9.17) is 9.84 Å². The van der Waals surface area contributed by atoms with Gasteiger partial charge in [0.25, 0.3) is 0 Å². The van der Waals surface area contributed by atoms with Crippen molar-refractivity contribution in [3.8, 4) is 22.4 Å². The Morgan fingerprint density at radius 3 is 2.29 bits per heavy atom. The maximum Gasteiger partial charge on any atom is 0.247 e. The highest BCUT2D eigenvalue weighted by Crippen LogP contribution is 2.32. The second kappa shape index (κ2) is 8.96. The fourth-order valence-electron chi connectivity index (χ4n) is 4.33. The van der Waals surface area contributed by atoms with Crippen molar-refractivity contribution in [2.45, 2.75) is 0 Å². The van der Waals surface area contributed by atoms with Gasteiger partial charge in [-0.3, -0.25) is 4.98 Å². The number of morpholine rings is 1. The smallest absolute Gasteiger partial charge is 0.247 e. The Hall–Kier alpha value is -4.23. The van der Waals surface area contributed by atoms with Crippen molar-refractivity contribution in [1.29, 1.82) is 0 Å². The van der Waals surface area contributed by atoms with E-state index in [1.54, 1.807) is 6.20 Å². The Morgan fingerprint density at radius 2 is 1.50 bits per heavy atom. The topological polar surface area (TPSA) is 67.6 Å². The van der Waals surface area contributed by atoms with Crippen LogP contribution in [-0.4, -0.2) is 45.9 Å². The lowest BCUT2D eigenvalue weighted by Crippen LogP contribution is -2.36. The third-order valence-electron chi connectivity index (χ3n) is 6.03. The molecule has 7 heteroatoms.